The lowest BCUT2D eigenvalue weighted by Crippen LogP contribution is -2.59. The molecule has 2 N–H and O–H groups in total. The van der Waals surface area contributed by atoms with E-state index in [1.54, 1.807) is 24.3 Å². The zero-order valence-electron chi connectivity index (χ0n) is 9.80. The van der Waals surface area contributed by atoms with Gasteiger partial charge in [-0.3, -0.25) is 9.59 Å². The van der Waals surface area contributed by atoms with Gasteiger partial charge in [0.2, 0.25) is 5.91 Å². The number of amides is 2. The topological polar surface area (TPSA) is 86.7 Å². The van der Waals surface area contributed by atoms with E-state index in [9.17, 15) is 14.4 Å². The van der Waals surface area contributed by atoms with E-state index in [0.717, 1.165) is 9.37 Å². The average Bonchev–Trinajstić information content (AvgIpc) is 2.38. The summed E-state index contributed by atoms with van der Waals surface area (Å²) in [6, 6.07) is 5.50. The Hall–Kier alpha value is -1.89. The molecule has 2 rings (SSSR count). The molecule has 1 aromatic rings. The van der Waals surface area contributed by atoms with Crippen molar-refractivity contribution in [2.45, 2.75) is 6.04 Å². The first-order chi connectivity index (χ1) is 8.99. The van der Waals surface area contributed by atoms with Crippen molar-refractivity contribution in [1.29, 1.82) is 0 Å². The molecule has 0 radical (unpaired) electrons. The lowest BCUT2D eigenvalue weighted by atomic mass is 10.1. The molecular weight excluding hydrogens is 316 g/mol. The van der Waals surface area contributed by atoms with Crippen molar-refractivity contribution in [3.8, 4) is 0 Å². The van der Waals surface area contributed by atoms with E-state index < -0.39 is 17.9 Å². The second-order valence-electron chi connectivity index (χ2n) is 4.10. The quantitative estimate of drug-likeness (QED) is 0.827. The fourth-order valence-electron chi connectivity index (χ4n) is 1.83. The number of nitrogens with one attached hydrogen (secondary N) is 1. The zero-order chi connectivity index (χ0) is 14.0. The Morgan fingerprint density at radius 3 is 2.53 bits per heavy atom. The van der Waals surface area contributed by atoms with Crippen LogP contribution in [0.1, 0.15) is 10.4 Å². The van der Waals surface area contributed by atoms with Crippen molar-refractivity contribution in [3.05, 3.63) is 34.3 Å². The molecule has 1 atom stereocenters. The molecule has 7 heteroatoms. The van der Waals surface area contributed by atoms with Gasteiger partial charge in [-0.1, -0.05) is 15.9 Å². The highest BCUT2D eigenvalue weighted by molar-refractivity contribution is 9.10. The lowest BCUT2D eigenvalue weighted by Gasteiger charge is -2.32. The normalized spacial score (nSPS) is 18.9. The minimum atomic E-state index is -1.13. The van der Waals surface area contributed by atoms with Crippen LogP contribution in [0.3, 0.4) is 0 Å². The Kier molecular flexibility index (Phi) is 3.84. The van der Waals surface area contributed by atoms with Gasteiger partial charge in [-0.25, -0.2) is 4.79 Å². The number of hydrogen-bond acceptors (Lipinski definition) is 3. The van der Waals surface area contributed by atoms with Gasteiger partial charge < -0.3 is 15.3 Å². The number of halogens is 1. The molecule has 0 bridgehead atoms. The Morgan fingerprint density at radius 2 is 1.95 bits per heavy atom. The number of carbonyl (C=O) groups is 3. The third-order valence-corrected chi connectivity index (χ3v) is 3.35. The number of carboxylic acids is 1. The highest BCUT2D eigenvalue weighted by Crippen LogP contribution is 2.15. The predicted molar refractivity (Wildman–Crippen MR) is 69.6 cm³/mol. The number of hydrogen-bond donors (Lipinski definition) is 2. The van der Waals surface area contributed by atoms with Crippen LogP contribution < -0.4 is 5.32 Å². The summed E-state index contributed by atoms with van der Waals surface area (Å²) in [7, 11) is 0. The van der Waals surface area contributed by atoms with E-state index in [-0.39, 0.29) is 19.0 Å². The molecule has 0 saturated carbocycles. The molecule has 0 spiro atoms. The highest BCUT2D eigenvalue weighted by atomic mass is 79.9. The standard InChI is InChI=1S/C12H11BrN2O4/c13-8-3-1-7(2-4-8)11(17)15-6-10(16)14-5-9(15)12(18)19/h1-4,9H,5-6H2,(H,14,16)(H,18,19). The molecule has 1 fully saturated rings. The van der Waals surface area contributed by atoms with Crippen LogP contribution in [0.25, 0.3) is 0 Å². The smallest absolute Gasteiger partial charge is 0.328 e. The summed E-state index contributed by atoms with van der Waals surface area (Å²) >= 11 is 3.25. The molecule has 1 aliphatic heterocycles. The van der Waals surface area contributed by atoms with Crippen molar-refractivity contribution >= 4 is 33.7 Å². The SMILES string of the molecule is O=C1CN(C(=O)c2ccc(Br)cc2)C(C(=O)O)CN1. The van der Waals surface area contributed by atoms with Gasteiger partial charge in [0, 0.05) is 16.6 Å². The van der Waals surface area contributed by atoms with Crippen molar-refractivity contribution < 1.29 is 19.5 Å². The maximum Gasteiger partial charge on any atom is 0.328 e. The summed E-state index contributed by atoms with van der Waals surface area (Å²) in [5.74, 6) is -1.96. The van der Waals surface area contributed by atoms with E-state index in [2.05, 4.69) is 21.2 Å². The molecule has 6 nitrogen and oxygen atoms in total. The second kappa shape index (κ2) is 5.40. The zero-order valence-corrected chi connectivity index (χ0v) is 11.4. The number of carboxylic acid groups (broad SMARTS) is 1. The monoisotopic (exact) mass is 326 g/mol. The Morgan fingerprint density at radius 1 is 1.32 bits per heavy atom. The van der Waals surface area contributed by atoms with Crippen LogP contribution in [0.2, 0.25) is 0 Å². The summed E-state index contributed by atoms with van der Waals surface area (Å²) < 4.78 is 0.815. The van der Waals surface area contributed by atoms with Gasteiger partial charge in [0.1, 0.15) is 12.6 Å². The van der Waals surface area contributed by atoms with Crippen LogP contribution >= 0.6 is 15.9 Å². The van der Waals surface area contributed by atoms with Gasteiger partial charge in [-0.2, -0.15) is 0 Å². The van der Waals surface area contributed by atoms with E-state index in [4.69, 9.17) is 5.11 Å². The second-order valence-corrected chi connectivity index (χ2v) is 5.01. The summed E-state index contributed by atoms with van der Waals surface area (Å²) in [5, 5.41) is 11.5. The number of piperazine rings is 1. The minimum absolute atomic E-state index is 0.0730. The largest absolute Gasteiger partial charge is 0.480 e. The molecule has 1 aromatic carbocycles. The Bertz CT molecular complexity index is 529. The first kappa shape index (κ1) is 13.5. The minimum Gasteiger partial charge on any atom is -0.480 e. The predicted octanol–water partition coefficient (Wildman–Crippen LogP) is 0.474. The number of benzene rings is 1. The highest BCUT2D eigenvalue weighted by Gasteiger charge is 2.35. The Balaban J connectivity index is 2.26. The van der Waals surface area contributed by atoms with Crippen molar-refractivity contribution in [1.82, 2.24) is 10.2 Å². The van der Waals surface area contributed by atoms with Gasteiger partial charge in [-0.15, -0.1) is 0 Å². The van der Waals surface area contributed by atoms with Crippen molar-refractivity contribution in [2.75, 3.05) is 13.1 Å². The number of rotatable bonds is 2. The summed E-state index contributed by atoms with van der Waals surface area (Å²) in [6.45, 7) is -0.317. The lowest BCUT2D eigenvalue weighted by molar-refractivity contribution is -0.144. The number of nitrogens with zero attached hydrogens (tertiary/aromatic N) is 1. The van der Waals surface area contributed by atoms with Gasteiger partial charge in [0.15, 0.2) is 0 Å². The molecular formula is C12H11BrN2O4. The van der Waals surface area contributed by atoms with E-state index in [0.29, 0.717) is 5.56 Å². The maximum atomic E-state index is 12.2. The maximum absolute atomic E-state index is 12.2. The molecule has 1 aliphatic rings. The number of carbonyl (C=O) groups excluding carboxylic acids is 2. The number of aliphatic carboxylic acids is 1. The average molecular weight is 327 g/mol. The first-order valence-electron chi connectivity index (χ1n) is 5.55. The van der Waals surface area contributed by atoms with Gasteiger partial charge in [-0.05, 0) is 24.3 Å². The van der Waals surface area contributed by atoms with Crippen LogP contribution in [0.4, 0.5) is 0 Å². The van der Waals surface area contributed by atoms with Gasteiger partial charge in [0.25, 0.3) is 5.91 Å². The van der Waals surface area contributed by atoms with Crippen LogP contribution in [-0.4, -0.2) is 46.9 Å². The molecule has 19 heavy (non-hydrogen) atoms. The molecule has 1 heterocycles. The summed E-state index contributed by atoms with van der Waals surface area (Å²) in [6.07, 6.45) is 0. The third-order valence-electron chi connectivity index (χ3n) is 2.82. The third kappa shape index (κ3) is 2.93. The fraction of sp³-hybridized carbons (Fsp3) is 0.250. The molecule has 1 saturated heterocycles. The van der Waals surface area contributed by atoms with Crippen molar-refractivity contribution in [3.63, 3.8) is 0 Å². The van der Waals surface area contributed by atoms with E-state index in [1.165, 1.54) is 0 Å². The molecule has 0 aromatic heterocycles. The van der Waals surface area contributed by atoms with E-state index >= 15 is 0 Å². The Labute approximate surface area is 117 Å². The fourth-order valence-corrected chi connectivity index (χ4v) is 2.10. The van der Waals surface area contributed by atoms with Crippen LogP contribution in [0, 0.1) is 0 Å². The van der Waals surface area contributed by atoms with Crippen LogP contribution in [-0.2, 0) is 9.59 Å². The molecule has 100 valence electrons. The van der Waals surface area contributed by atoms with Crippen molar-refractivity contribution in [2.24, 2.45) is 0 Å². The summed E-state index contributed by atoms with van der Waals surface area (Å²) in [5.41, 5.74) is 0.351. The van der Waals surface area contributed by atoms with Crippen LogP contribution in [0.5, 0.6) is 0 Å². The molecule has 2 amide bonds. The first-order valence-corrected chi connectivity index (χ1v) is 6.34. The summed E-state index contributed by atoms with van der Waals surface area (Å²) in [4.78, 5) is 35.7. The van der Waals surface area contributed by atoms with Gasteiger partial charge in [0.05, 0.1) is 0 Å². The van der Waals surface area contributed by atoms with Gasteiger partial charge >= 0.3 is 5.97 Å². The van der Waals surface area contributed by atoms with E-state index in [1.807, 2.05) is 0 Å². The molecule has 1 unspecified atom stereocenters. The molecule has 0 aliphatic carbocycles. The van der Waals surface area contributed by atoms with Crippen LogP contribution in [0.15, 0.2) is 28.7 Å².